The number of aromatic amines is 1. The third-order valence-electron chi connectivity index (χ3n) is 6.16. The number of hydrogen-bond acceptors (Lipinski definition) is 6. The van der Waals surface area contributed by atoms with Crippen molar-refractivity contribution in [1.82, 2.24) is 20.3 Å². The second kappa shape index (κ2) is 9.85. The van der Waals surface area contributed by atoms with Crippen molar-refractivity contribution >= 4 is 34.4 Å². The molecule has 1 atom stereocenters. The van der Waals surface area contributed by atoms with E-state index in [1.807, 2.05) is 36.5 Å². The maximum Gasteiger partial charge on any atom is 0.222 e. The fourth-order valence-electron chi connectivity index (χ4n) is 4.33. The standard InChI is InChI=1S/C23H29ClN6O2/c24-17-5-3-16(4-6-17)19(2-1-13-31)29-20(32)14-23(25)8-11-30(12-9-23)22-18-7-10-26-21(18)27-15-28-22/h3-7,10,15,19,31H,1-2,8-9,11-14,25H2,(H,29,32)(H,26,27,28). The van der Waals surface area contributed by atoms with Crippen LogP contribution in [0.5, 0.6) is 0 Å². The van der Waals surface area contributed by atoms with E-state index in [2.05, 4.69) is 25.2 Å². The molecule has 3 aromatic rings. The first kappa shape index (κ1) is 22.5. The van der Waals surface area contributed by atoms with E-state index in [-0.39, 0.29) is 25.0 Å². The highest BCUT2D eigenvalue weighted by atomic mass is 35.5. The monoisotopic (exact) mass is 456 g/mol. The number of fused-ring (bicyclic) bond motifs is 1. The van der Waals surface area contributed by atoms with E-state index in [4.69, 9.17) is 17.3 Å². The first-order valence-corrected chi connectivity index (χ1v) is 11.3. The molecule has 0 radical (unpaired) electrons. The molecule has 1 aliphatic heterocycles. The van der Waals surface area contributed by atoms with Gasteiger partial charge in [0, 0.05) is 42.9 Å². The van der Waals surface area contributed by atoms with E-state index >= 15 is 0 Å². The van der Waals surface area contributed by atoms with Crippen LogP contribution in [0.15, 0.2) is 42.9 Å². The first-order valence-electron chi connectivity index (χ1n) is 10.9. The maximum absolute atomic E-state index is 12.9. The average Bonchev–Trinajstić information content (AvgIpc) is 3.27. The molecule has 32 heavy (non-hydrogen) atoms. The normalized spacial score (nSPS) is 16.8. The molecule has 5 N–H and O–H groups in total. The highest BCUT2D eigenvalue weighted by Gasteiger charge is 2.34. The molecule has 1 unspecified atom stereocenters. The zero-order chi connectivity index (χ0) is 22.6. The van der Waals surface area contributed by atoms with Crippen LogP contribution in [0.2, 0.25) is 5.02 Å². The Bertz CT molecular complexity index is 1050. The summed E-state index contributed by atoms with van der Waals surface area (Å²) in [5.74, 6) is 0.823. The Morgan fingerprint density at radius 3 is 2.72 bits per heavy atom. The molecular formula is C23H29ClN6O2. The van der Waals surface area contributed by atoms with E-state index in [0.717, 1.165) is 35.5 Å². The van der Waals surface area contributed by atoms with Crippen molar-refractivity contribution in [2.24, 2.45) is 5.73 Å². The number of halogens is 1. The Balaban J connectivity index is 1.37. The number of nitrogens with zero attached hydrogens (tertiary/aromatic N) is 3. The number of hydrogen-bond donors (Lipinski definition) is 4. The summed E-state index contributed by atoms with van der Waals surface area (Å²) < 4.78 is 0. The number of benzene rings is 1. The van der Waals surface area contributed by atoms with Crippen molar-refractivity contribution in [2.45, 2.75) is 43.7 Å². The number of carbonyl (C=O) groups excluding carboxylic acids is 1. The summed E-state index contributed by atoms with van der Waals surface area (Å²) in [6, 6.07) is 9.23. The van der Waals surface area contributed by atoms with Crippen molar-refractivity contribution in [2.75, 3.05) is 24.6 Å². The van der Waals surface area contributed by atoms with Crippen LogP contribution < -0.4 is 16.0 Å². The van der Waals surface area contributed by atoms with Crippen LogP contribution in [-0.2, 0) is 4.79 Å². The number of aliphatic hydroxyl groups excluding tert-OH is 1. The Labute approximate surface area is 192 Å². The van der Waals surface area contributed by atoms with Gasteiger partial charge in [0.25, 0.3) is 0 Å². The van der Waals surface area contributed by atoms with Gasteiger partial charge in [0.15, 0.2) is 0 Å². The third kappa shape index (κ3) is 5.20. The predicted octanol–water partition coefficient (Wildman–Crippen LogP) is 2.93. The van der Waals surface area contributed by atoms with Crippen LogP contribution in [-0.4, -0.2) is 51.2 Å². The third-order valence-corrected chi connectivity index (χ3v) is 6.41. The fraction of sp³-hybridized carbons (Fsp3) is 0.435. The van der Waals surface area contributed by atoms with Crippen LogP contribution in [0.25, 0.3) is 11.0 Å². The van der Waals surface area contributed by atoms with E-state index in [0.29, 0.717) is 30.7 Å². The van der Waals surface area contributed by atoms with Crippen LogP contribution in [0.3, 0.4) is 0 Å². The molecule has 1 aliphatic rings. The van der Waals surface area contributed by atoms with Gasteiger partial charge >= 0.3 is 0 Å². The Hall–Kier alpha value is -2.68. The van der Waals surface area contributed by atoms with E-state index in [9.17, 15) is 9.90 Å². The number of aromatic nitrogens is 3. The Morgan fingerprint density at radius 2 is 2.00 bits per heavy atom. The number of nitrogens with one attached hydrogen (secondary N) is 2. The molecule has 1 aromatic carbocycles. The highest BCUT2D eigenvalue weighted by Crippen LogP contribution is 2.30. The SMILES string of the molecule is NC1(CC(=O)NC(CCCO)c2ccc(Cl)cc2)CCN(c2ncnc3[nH]ccc23)CC1. The lowest BCUT2D eigenvalue weighted by molar-refractivity contribution is -0.123. The summed E-state index contributed by atoms with van der Waals surface area (Å²) in [4.78, 5) is 26.9. The predicted molar refractivity (Wildman–Crippen MR) is 126 cm³/mol. The topological polar surface area (TPSA) is 120 Å². The lowest BCUT2D eigenvalue weighted by Gasteiger charge is -2.39. The number of H-pyrrole nitrogens is 1. The maximum atomic E-state index is 12.9. The first-order chi connectivity index (χ1) is 15.5. The number of nitrogens with two attached hydrogens (primary N) is 1. The van der Waals surface area contributed by atoms with Gasteiger partial charge in [-0.15, -0.1) is 0 Å². The minimum absolute atomic E-state index is 0.0751. The second-order valence-electron chi connectivity index (χ2n) is 8.50. The zero-order valence-corrected chi connectivity index (χ0v) is 18.7. The molecule has 170 valence electrons. The van der Waals surface area contributed by atoms with Gasteiger partial charge in [-0.05, 0) is 49.4 Å². The summed E-state index contributed by atoms with van der Waals surface area (Å²) in [6.07, 6.45) is 6.32. The molecule has 8 nitrogen and oxygen atoms in total. The molecule has 2 aromatic heterocycles. The van der Waals surface area contributed by atoms with Gasteiger partial charge in [-0.1, -0.05) is 23.7 Å². The molecule has 1 saturated heterocycles. The quantitative estimate of drug-likeness (QED) is 0.413. The summed E-state index contributed by atoms with van der Waals surface area (Å²) in [7, 11) is 0. The van der Waals surface area contributed by atoms with Crippen LogP contribution in [0.4, 0.5) is 5.82 Å². The van der Waals surface area contributed by atoms with Crippen LogP contribution in [0.1, 0.15) is 43.7 Å². The summed E-state index contributed by atoms with van der Waals surface area (Å²) in [5, 5.41) is 14.0. The number of aliphatic hydroxyl groups is 1. The summed E-state index contributed by atoms with van der Waals surface area (Å²) in [5.41, 5.74) is 7.86. The molecule has 0 saturated carbocycles. The number of anilines is 1. The number of rotatable bonds is 8. The van der Waals surface area contributed by atoms with Gasteiger partial charge in [0.2, 0.25) is 5.91 Å². The average molecular weight is 457 g/mol. The van der Waals surface area contributed by atoms with Gasteiger partial charge < -0.3 is 26.0 Å². The van der Waals surface area contributed by atoms with Crippen molar-refractivity contribution < 1.29 is 9.90 Å². The molecule has 1 amide bonds. The van der Waals surface area contributed by atoms with Crippen LogP contribution >= 0.6 is 11.6 Å². The van der Waals surface area contributed by atoms with Gasteiger partial charge in [-0.25, -0.2) is 9.97 Å². The molecule has 4 rings (SSSR count). The smallest absolute Gasteiger partial charge is 0.222 e. The number of amides is 1. The highest BCUT2D eigenvalue weighted by molar-refractivity contribution is 6.30. The zero-order valence-electron chi connectivity index (χ0n) is 17.9. The van der Waals surface area contributed by atoms with Crippen molar-refractivity contribution in [3.8, 4) is 0 Å². The van der Waals surface area contributed by atoms with E-state index in [1.54, 1.807) is 6.33 Å². The summed E-state index contributed by atoms with van der Waals surface area (Å²) >= 11 is 6.00. The van der Waals surface area contributed by atoms with Gasteiger partial charge in [-0.2, -0.15) is 0 Å². The Kier molecular flexibility index (Phi) is 6.93. The van der Waals surface area contributed by atoms with Gasteiger partial charge in [0.1, 0.15) is 17.8 Å². The minimum atomic E-state index is -0.563. The van der Waals surface area contributed by atoms with Crippen molar-refractivity contribution in [3.63, 3.8) is 0 Å². The van der Waals surface area contributed by atoms with E-state index < -0.39 is 5.54 Å². The lowest BCUT2D eigenvalue weighted by atomic mass is 9.85. The fourth-order valence-corrected chi connectivity index (χ4v) is 4.46. The van der Waals surface area contributed by atoms with Crippen molar-refractivity contribution in [1.29, 1.82) is 0 Å². The van der Waals surface area contributed by atoms with E-state index in [1.165, 1.54) is 0 Å². The van der Waals surface area contributed by atoms with Crippen molar-refractivity contribution in [3.05, 3.63) is 53.4 Å². The summed E-state index contributed by atoms with van der Waals surface area (Å²) in [6.45, 7) is 1.53. The molecule has 0 aliphatic carbocycles. The van der Waals surface area contributed by atoms with Gasteiger partial charge in [0.05, 0.1) is 11.4 Å². The lowest BCUT2D eigenvalue weighted by Crippen LogP contribution is -2.53. The van der Waals surface area contributed by atoms with Crippen LogP contribution in [0, 0.1) is 0 Å². The Morgan fingerprint density at radius 1 is 1.25 bits per heavy atom. The largest absolute Gasteiger partial charge is 0.396 e. The molecular weight excluding hydrogens is 428 g/mol. The second-order valence-corrected chi connectivity index (χ2v) is 8.94. The van der Waals surface area contributed by atoms with Gasteiger partial charge in [-0.3, -0.25) is 4.79 Å². The molecule has 0 spiro atoms. The molecule has 3 heterocycles. The molecule has 0 bridgehead atoms. The number of carbonyl (C=O) groups is 1. The molecule has 9 heteroatoms. The molecule has 1 fully saturated rings. The number of piperidine rings is 1. The minimum Gasteiger partial charge on any atom is -0.396 e.